The molecule has 0 bridgehead atoms. The number of rotatable bonds is 6. The Hall–Kier alpha value is -1.10. The Morgan fingerprint density at radius 2 is 1.90 bits per heavy atom. The van der Waals surface area contributed by atoms with Gasteiger partial charge in [-0.25, -0.2) is 0 Å². The molecule has 2 amide bonds. The number of carbonyl (C=O) groups excluding carboxylic acids is 2. The second-order valence-electron chi connectivity index (χ2n) is 6.12. The lowest BCUT2D eigenvalue weighted by molar-refractivity contribution is -0.165. The molecule has 0 aromatic rings. The molecule has 1 unspecified atom stereocenters. The molecule has 2 rings (SSSR count). The van der Waals surface area contributed by atoms with Gasteiger partial charge in [0.05, 0.1) is 6.61 Å². The quantitative estimate of drug-likeness (QED) is 0.799. The van der Waals surface area contributed by atoms with E-state index < -0.39 is 11.1 Å². The number of carbonyl (C=O) groups is 2. The van der Waals surface area contributed by atoms with Gasteiger partial charge >= 0.3 is 0 Å². The van der Waals surface area contributed by atoms with Gasteiger partial charge < -0.3 is 15.0 Å². The fourth-order valence-electron chi connectivity index (χ4n) is 3.39. The van der Waals surface area contributed by atoms with Crippen LogP contribution in [0.15, 0.2) is 0 Å². The van der Waals surface area contributed by atoms with E-state index in [4.69, 9.17) is 4.74 Å². The third kappa shape index (κ3) is 2.12. The second kappa shape index (κ2) is 5.35. The highest BCUT2D eigenvalue weighted by Crippen LogP contribution is 2.44. The van der Waals surface area contributed by atoms with Crippen LogP contribution in [0.2, 0.25) is 0 Å². The maximum absolute atomic E-state index is 13.0. The van der Waals surface area contributed by atoms with Gasteiger partial charge in [-0.2, -0.15) is 0 Å². The average molecular weight is 282 g/mol. The van der Waals surface area contributed by atoms with Gasteiger partial charge in [0.1, 0.15) is 11.1 Å². The number of methoxy groups -OCH3 is 1. The molecular formula is C15H26N2O3. The maximum atomic E-state index is 13.0. The summed E-state index contributed by atoms with van der Waals surface area (Å²) in [6.07, 6.45) is 3.30. The third-order valence-electron chi connectivity index (χ3n) is 5.08. The summed E-state index contributed by atoms with van der Waals surface area (Å²) < 4.78 is 5.13. The van der Waals surface area contributed by atoms with E-state index in [2.05, 4.69) is 5.32 Å². The van der Waals surface area contributed by atoms with Gasteiger partial charge in [-0.05, 0) is 38.5 Å². The van der Waals surface area contributed by atoms with Crippen molar-refractivity contribution in [2.45, 2.75) is 57.5 Å². The molecule has 1 N–H and O–H groups in total. The van der Waals surface area contributed by atoms with E-state index in [1.807, 2.05) is 20.8 Å². The Kier molecular flexibility index (Phi) is 4.09. The summed E-state index contributed by atoms with van der Waals surface area (Å²) in [4.78, 5) is 27.4. The summed E-state index contributed by atoms with van der Waals surface area (Å²) >= 11 is 0. The monoisotopic (exact) mass is 282 g/mol. The summed E-state index contributed by atoms with van der Waals surface area (Å²) in [5, 5.41) is 3.03. The van der Waals surface area contributed by atoms with E-state index in [-0.39, 0.29) is 17.7 Å². The first-order chi connectivity index (χ1) is 9.46. The summed E-state index contributed by atoms with van der Waals surface area (Å²) in [5.74, 6) is 0.337. The predicted molar refractivity (Wildman–Crippen MR) is 76.2 cm³/mol. The zero-order chi connectivity index (χ0) is 15.0. The molecule has 1 saturated heterocycles. The van der Waals surface area contributed by atoms with Crippen LogP contribution in [-0.2, 0) is 14.3 Å². The van der Waals surface area contributed by atoms with Crippen molar-refractivity contribution < 1.29 is 14.3 Å². The van der Waals surface area contributed by atoms with Crippen LogP contribution in [-0.4, -0.2) is 48.1 Å². The standard InChI is InChI=1S/C15H26N2O3/c1-5-15(6-2)12(18)16-14(3,11-7-8-11)13(19)17(15)9-10-20-4/h11H,5-10H2,1-4H3,(H,16,18). The van der Waals surface area contributed by atoms with Crippen molar-refractivity contribution in [2.24, 2.45) is 5.92 Å². The van der Waals surface area contributed by atoms with Crippen LogP contribution in [0.4, 0.5) is 0 Å². The Balaban J connectivity index is 2.35. The smallest absolute Gasteiger partial charge is 0.249 e. The number of hydrogen-bond donors (Lipinski definition) is 1. The topological polar surface area (TPSA) is 58.6 Å². The maximum Gasteiger partial charge on any atom is 0.249 e. The van der Waals surface area contributed by atoms with Crippen molar-refractivity contribution in [2.75, 3.05) is 20.3 Å². The Bertz CT molecular complexity index is 402. The molecule has 20 heavy (non-hydrogen) atoms. The van der Waals surface area contributed by atoms with Gasteiger partial charge in [0.2, 0.25) is 11.8 Å². The largest absolute Gasteiger partial charge is 0.383 e. The average Bonchev–Trinajstić information content (AvgIpc) is 3.26. The molecule has 1 saturated carbocycles. The van der Waals surface area contributed by atoms with Crippen LogP contribution in [0.3, 0.4) is 0 Å². The van der Waals surface area contributed by atoms with Crippen LogP contribution in [0.25, 0.3) is 0 Å². The van der Waals surface area contributed by atoms with Crippen LogP contribution < -0.4 is 5.32 Å². The minimum absolute atomic E-state index is 0.00685. The highest BCUT2D eigenvalue weighted by Gasteiger charge is 2.59. The van der Waals surface area contributed by atoms with E-state index in [0.717, 1.165) is 12.8 Å². The van der Waals surface area contributed by atoms with Gasteiger partial charge in [-0.15, -0.1) is 0 Å². The van der Waals surface area contributed by atoms with E-state index in [9.17, 15) is 9.59 Å². The van der Waals surface area contributed by atoms with Gasteiger partial charge in [-0.3, -0.25) is 9.59 Å². The van der Waals surface area contributed by atoms with Crippen LogP contribution in [0.5, 0.6) is 0 Å². The van der Waals surface area contributed by atoms with Gasteiger partial charge in [0.15, 0.2) is 0 Å². The molecule has 1 aliphatic heterocycles. The number of amides is 2. The Morgan fingerprint density at radius 3 is 2.35 bits per heavy atom. The molecule has 114 valence electrons. The third-order valence-corrected chi connectivity index (χ3v) is 5.08. The molecule has 0 aromatic carbocycles. The fraction of sp³-hybridized carbons (Fsp3) is 0.867. The molecular weight excluding hydrogens is 256 g/mol. The zero-order valence-electron chi connectivity index (χ0n) is 13.0. The van der Waals surface area contributed by atoms with Gasteiger partial charge in [-0.1, -0.05) is 13.8 Å². The van der Waals surface area contributed by atoms with E-state index in [1.165, 1.54) is 0 Å². The molecule has 1 heterocycles. The molecule has 1 atom stereocenters. The minimum atomic E-state index is -0.724. The molecule has 2 fully saturated rings. The normalized spacial score (nSPS) is 29.5. The summed E-state index contributed by atoms with van der Waals surface area (Å²) in [5.41, 5.74) is -1.44. The van der Waals surface area contributed by atoms with Crippen LogP contribution >= 0.6 is 0 Å². The summed E-state index contributed by atoms with van der Waals surface area (Å²) in [6, 6.07) is 0. The van der Waals surface area contributed by atoms with E-state index >= 15 is 0 Å². The van der Waals surface area contributed by atoms with E-state index in [0.29, 0.717) is 26.0 Å². The zero-order valence-corrected chi connectivity index (χ0v) is 13.0. The molecule has 0 spiro atoms. The number of nitrogens with one attached hydrogen (secondary N) is 1. The lowest BCUT2D eigenvalue weighted by Gasteiger charge is -2.51. The Labute approximate surface area is 121 Å². The molecule has 5 heteroatoms. The molecule has 5 nitrogen and oxygen atoms in total. The van der Waals surface area contributed by atoms with Crippen molar-refractivity contribution in [3.8, 4) is 0 Å². The number of hydrogen-bond acceptors (Lipinski definition) is 3. The number of ether oxygens (including phenoxy) is 1. The SMILES string of the molecule is CCC1(CC)C(=O)NC(C)(C2CC2)C(=O)N1CCOC. The number of nitrogens with zero attached hydrogens (tertiary/aromatic N) is 1. The lowest BCUT2D eigenvalue weighted by atomic mass is 9.80. The van der Waals surface area contributed by atoms with Crippen LogP contribution in [0.1, 0.15) is 46.5 Å². The molecule has 1 aliphatic carbocycles. The summed E-state index contributed by atoms with van der Waals surface area (Å²) in [6.45, 7) is 6.75. The highest BCUT2D eigenvalue weighted by molar-refractivity contribution is 6.02. The molecule has 2 aliphatic rings. The molecule has 0 aromatic heterocycles. The van der Waals surface area contributed by atoms with Crippen molar-refractivity contribution >= 4 is 11.8 Å². The Morgan fingerprint density at radius 1 is 1.30 bits per heavy atom. The predicted octanol–water partition coefficient (Wildman–Crippen LogP) is 1.32. The minimum Gasteiger partial charge on any atom is -0.383 e. The van der Waals surface area contributed by atoms with Gasteiger partial charge in [0.25, 0.3) is 0 Å². The first-order valence-corrected chi connectivity index (χ1v) is 7.60. The first kappa shape index (κ1) is 15.3. The van der Waals surface area contributed by atoms with Gasteiger partial charge in [0, 0.05) is 13.7 Å². The van der Waals surface area contributed by atoms with Crippen molar-refractivity contribution in [1.29, 1.82) is 0 Å². The second-order valence-corrected chi connectivity index (χ2v) is 6.12. The fourth-order valence-corrected chi connectivity index (χ4v) is 3.39. The number of piperazine rings is 1. The lowest BCUT2D eigenvalue weighted by Crippen LogP contribution is -2.75. The first-order valence-electron chi connectivity index (χ1n) is 7.60. The highest BCUT2D eigenvalue weighted by atomic mass is 16.5. The van der Waals surface area contributed by atoms with Crippen LogP contribution in [0, 0.1) is 5.92 Å². The van der Waals surface area contributed by atoms with E-state index in [1.54, 1.807) is 12.0 Å². The van der Waals surface area contributed by atoms with Crippen molar-refractivity contribution in [3.05, 3.63) is 0 Å². The van der Waals surface area contributed by atoms with Crippen molar-refractivity contribution in [1.82, 2.24) is 10.2 Å². The molecule has 0 radical (unpaired) electrons. The summed E-state index contributed by atoms with van der Waals surface area (Å²) in [7, 11) is 1.62. The van der Waals surface area contributed by atoms with Crippen molar-refractivity contribution in [3.63, 3.8) is 0 Å².